The number of methoxy groups -OCH3 is 1. The highest BCUT2D eigenvalue weighted by molar-refractivity contribution is 4.80. The first-order valence-corrected chi connectivity index (χ1v) is 5.28. The lowest BCUT2D eigenvalue weighted by Gasteiger charge is -2.26. The van der Waals surface area contributed by atoms with Crippen molar-refractivity contribution in [2.24, 2.45) is 5.73 Å². The van der Waals surface area contributed by atoms with Crippen molar-refractivity contribution in [3.63, 3.8) is 0 Å². The third kappa shape index (κ3) is 2.93. The van der Waals surface area contributed by atoms with Crippen molar-refractivity contribution in [1.29, 1.82) is 0 Å². The second kappa shape index (κ2) is 5.58. The number of rotatable bonds is 5. The van der Waals surface area contributed by atoms with E-state index in [9.17, 15) is 0 Å². The fourth-order valence-corrected chi connectivity index (χ4v) is 2.10. The molecule has 3 heteroatoms. The highest BCUT2D eigenvalue weighted by Crippen LogP contribution is 2.19. The molecule has 1 rings (SSSR count). The van der Waals surface area contributed by atoms with Crippen LogP contribution in [0.2, 0.25) is 0 Å². The van der Waals surface area contributed by atoms with E-state index < -0.39 is 0 Å². The van der Waals surface area contributed by atoms with E-state index in [0.717, 1.165) is 12.6 Å². The van der Waals surface area contributed by atoms with Gasteiger partial charge in [-0.15, -0.1) is 0 Å². The fraction of sp³-hybridized carbons (Fsp3) is 1.00. The van der Waals surface area contributed by atoms with Gasteiger partial charge in [-0.3, -0.25) is 4.90 Å². The van der Waals surface area contributed by atoms with Crippen molar-refractivity contribution in [2.75, 3.05) is 26.7 Å². The molecule has 13 heavy (non-hydrogen) atoms. The molecule has 2 N–H and O–H groups in total. The Hall–Kier alpha value is -0.120. The van der Waals surface area contributed by atoms with Crippen LogP contribution in [0.5, 0.6) is 0 Å². The van der Waals surface area contributed by atoms with Gasteiger partial charge in [0.1, 0.15) is 0 Å². The summed E-state index contributed by atoms with van der Waals surface area (Å²) >= 11 is 0. The molecular formula is C10H22N2O. The Morgan fingerprint density at radius 1 is 1.62 bits per heavy atom. The van der Waals surface area contributed by atoms with Crippen LogP contribution in [0, 0.1) is 0 Å². The maximum atomic E-state index is 5.60. The summed E-state index contributed by atoms with van der Waals surface area (Å²) in [7, 11) is 1.74. The molecule has 1 fully saturated rings. The molecular weight excluding hydrogens is 164 g/mol. The summed E-state index contributed by atoms with van der Waals surface area (Å²) in [6, 6.07) is 0.768. The van der Waals surface area contributed by atoms with Crippen molar-refractivity contribution in [3.8, 4) is 0 Å². The summed E-state index contributed by atoms with van der Waals surface area (Å²) in [6.45, 7) is 5.11. The SMILES string of the molecule is CCC1CCCN1CC(CN)OC. The van der Waals surface area contributed by atoms with Gasteiger partial charge >= 0.3 is 0 Å². The molecule has 0 bridgehead atoms. The smallest absolute Gasteiger partial charge is 0.0820 e. The van der Waals surface area contributed by atoms with E-state index in [-0.39, 0.29) is 6.10 Å². The van der Waals surface area contributed by atoms with E-state index in [4.69, 9.17) is 10.5 Å². The van der Waals surface area contributed by atoms with Gasteiger partial charge in [0.05, 0.1) is 6.10 Å². The predicted octanol–water partition coefficient (Wildman–Crippen LogP) is 0.835. The monoisotopic (exact) mass is 186 g/mol. The van der Waals surface area contributed by atoms with Gasteiger partial charge in [-0.25, -0.2) is 0 Å². The highest BCUT2D eigenvalue weighted by atomic mass is 16.5. The zero-order valence-electron chi connectivity index (χ0n) is 8.83. The zero-order valence-corrected chi connectivity index (χ0v) is 8.83. The molecule has 0 amide bonds. The Bertz CT molecular complexity index is 137. The molecule has 0 aliphatic carbocycles. The van der Waals surface area contributed by atoms with Crippen LogP contribution in [0.1, 0.15) is 26.2 Å². The summed E-state index contributed by atoms with van der Waals surface area (Å²) in [5.74, 6) is 0. The highest BCUT2D eigenvalue weighted by Gasteiger charge is 2.24. The number of likely N-dealkylation sites (tertiary alicyclic amines) is 1. The summed E-state index contributed by atoms with van der Waals surface area (Å²) in [5, 5.41) is 0. The van der Waals surface area contributed by atoms with Crippen LogP contribution in [-0.4, -0.2) is 43.8 Å². The van der Waals surface area contributed by atoms with Crippen LogP contribution in [0.25, 0.3) is 0 Å². The maximum absolute atomic E-state index is 5.60. The van der Waals surface area contributed by atoms with Crippen LogP contribution < -0.4 is 5.73 Å². The molecule has 2 atom stereocenters. The van der Waals surface area contributed by atoms with Gasteiger partial charge in [0.25, 0.3) is 0 Å². The first kappa shape index (κ1) is 11.0. The second-order valence-electron chi connectivity index (χ2n) is 3.79. The van der Waals surface area contributed by atoms with Crippen LogP contribution in [0.15, 0.2) is 0 Å². The average Bonchev–Trinajstić information content (AvgIpc) is 2.61. The molecule has 2 unspecified atom stereocenters. The number of hydrogen-bond donors (Lipinski definition) is 1. The number of hydrogen-bond acceptors (Lipinski definition) is 3. The number of nitrogens with two attached hydrogens (primary N) is 1. The van der Waals surface area contributed by atoms with Gasteiger partial charge < -0.3 is 10.5 Å². The molecule has 1 saturated heterocycles. The van der Waals surface area contributed by atoms with E-state index in [0.29, 0.717) is 6.54 Å². The summed E-state index contributed by atoms with van der Waals surface area (Å²) in [6.07, 6.45) is 4.14. The van der Waals surface area contributed by atoms with Crippen LogP contribution in [0.3, 0.4) is 0 Å². The molecule has 0 radical (unpaired) electrons. The van der Waals surface area contributed by atoms with E-state index in [1.807, 2.05) is 0 Å². The average molecular weight is 186 g/mol. The first-order chi connectivity index (χ1) is 6.31. The maximum Gasteiger partial charge on any atom is 0.0820 e. The van der Waals surface area contributed by atoms with E-state index in [1.54, 1.807) is 7.11 Å². The predicted molar refractivity (Wildman–Crippen MR) is 54.7 cm³/mol. The van der Waals surface area contributed by atoms with Gasteiger partial charge in [0.15, 0.2) is 0 Å². The van der Waals surface area contributed by atoms with Gasteiger partial charge in [-0.1, -0.05) is 6.92 Å². The second-order valence-corrected chi connectivity index (χ2v) is 3.79. The van der Waals surface area contributed by atoms with Gasteiger partial charge in [0, 0.05) is 26.2 Å². The minimum atomic E-state index is 0.215. The Morgan fingerprint density at radius 2 is 2.38 bits per heavy atom. The molecule has 0 spiro atoms. The summed E-state index contributed by atoms with van der Waals surface area (Å²) in [4.78, 5) is 2.51. The molecule has 78 valence electrons. The van der Waals surface area contributed by atoms with Crippen molar-refractivity contribution in [1.82, 2.24) is 4.90 Å². The zero-order chi connectivity index (χ0) is 9.68. The van der Waals surface area contributed by atoms with E-state index >= 15 is 0 Å². The van der Waals surface area contributed by atoms with Crippen molar-refractivity contribution in [2.45, 2.75) is 38.3 Å². The quantitative estimate of drug-likeness (QED) is 0.691. The molecule has 1 aliphatic rings. The lowest BCUT2D eigenvalue weighted by atomic mass is 10.1. The molecule has 0 aromatic heterocycles. The molecule has 0 saturated carbocycles. The summed E-state index contributed by atoms with van der Waals surface area (Å²) in [5.41, 5.74) is 5.60. The standard InChI is InChI=1S/C10H22N2O/c1-3-9-5-4-6-12(9)8-10(7-11)13-2/h9-10H,3-8,11H2,1-2H3. The minimum absolute atomic E-state index is 0.215. The van der Waals surface area contributed by atoms with Gasteiger partial charge in [0.2, 0.25) is 0 Å². The fourth-order valence-electron chi connectivity index (χ4n) is 2.10. The van der Waals surface area contributed by atoms with Crippen LogP contribution in [0.4, 0.5) is 0 Å². The first-order valence-electron chi connectivity index (χ1n) is 5.28. The van der Waals surface area contributed by atoms with Crippen LogP contribution >= 0.6 is 0 Å². The molecule has 0 aromatic carbocycles. The molecule has 0 aromatic rings. The lowest BCUT2D eigenvalue weighted by Crippen LogP contribution is -2.40. The molecule has 3 nitrogen and oxygen atoms in total. The Balaban J connectivity index is 2.33. The lowest BCUT2D eigenvalue weighted by molar-refractivity contribution is 0.0651. The largest absolute Gasteiger partial charge is 0.379 e. The molecule has 1 aliphatic heterocycles. The van der Waals surface area contributed by atoms with Crippen LogP contribution in [-0.2, 0) is 4.74 Å². The normalized spacial score (nSPS) is 26.5. The Kier molecular flexibility index (Phi) is 4.70. The van der Waals surface area contributed by atoms with E-state index in [1.165, 1.54) is 25.8 Å². The summed E-state index contributed by atoms with van der Waals surface area (Å²) < 4.78 is 5.29. The van der Waals surface area contributed by atoms with Crippen molar-refractivity contribution in [3.05, 3.63) is 0 Å². The molecule has 1 heterocycles. The third-order valence-electron chi connectivity index (χ3n) is 3.00. The van der Waals surface area contributed by atoms with Gasteiger partial charge in [-0.2, -0.15) is 0 Å². The number of nitrogens with zero attached hydrogens (tertiary/aromatic N) is 1. The van der Waals surface area contributed by atoms with Crippen molar-refractivity contribution >= 4 is 0 Å². The minimum Gasteiger partial charge on any atom is -0.379 e. The topological polar surface area (TPSA) is 38.5 Å². The number of ether oxygens (including phenoxy) is 1. The Labute approximate surface area is 81.2 Å². The van der Waals surface area contributed by atoms with Gasteiger partial charge in [-0.05, 0) is 25.8 Å². The van der Waals surface area contributed by atoms with E-state index in [2.05, 4.69) is 11.8 Å². The Morgan fingerprint density at radius 3 is 2.92 bits per heavy atom. The van der Waals surface area contributed by atoms with Crippen molar-refractivity contribution < 1.29 is 4.74 Å². The third-order valence-corrected chi connectivity index (χ3v) is 3.00.